The van der Waals surface area contributed by atoms with Gasteiger partial charge in [0.25, 0.3) is 5.91 Å². The summed E-state index contributed by atoms with van der Waals surface area (Å²) < 4.78 is 16.4. The van der Waals surface area contributed by atoms with Crippen molar-refractivity contribution in [3.05, 3.63) is 74.2 Å². The number of amides is 3. The number of H-pyrrole nitrogens is 1. The van der Waals surface area contributed by atoms with Crippen LogP contribution in [0, 0.1) is 5.92 Å². The summed E-state index contributed by atoms with van der Waals surface area (Å²) in [5.74, 6) is -2.60. The highest BCUT2D eigenvalue weighted by Gasteiger charge is 2.56. The van der Waals surface area contributed by atoms with Crippen LogP contribution in [0.2, 0.25) is 0 Å². The van der Waals surface area contributed by atoms with Crippen LogP contribution in [0.1, 0.15) is 33.6 Å². The lowest BCUT2D eigenvalue weighted by Gasteiger charge is -2.31. The number of nitrogens with one attached hydrogen (secondary N) is 1. The van der Waals surface area contributed by atoms with Gasteiger partial charge >= 0.3 is 10.8 Å². The maximum absolute atomic E-state index is 14.1. The third-order valence-electron chi connectivity index (χ3n) is 7.43. The second-order valence-electron chi connectivity index (χ2n) is 9.85. The average molecular weight is 610 g/mol. The van der Waals surface area contributed by atoms with Crippen molar-refractivity contribution in [2.45, 2.75) is 23.1 Å². The standard InChI is InChI=1S/C29H27N3O8S2/c1-2-39-28(36)16-7-9-17(10-8-16)32-26(34)22-21(23-25(30-29(37)42-23)41-24(22)27(32)35)18-5-3-4-6-19(18)40-15-20(33)31-11-13-38-14-12-31/h3-10,21-22,24H,2,11-15H2,1H3,(H,30,37). The zero-order valence-electron chi connectivity index (χ0n) is 22.6. The molecule has 3 amide bonds. The van der Waals surface area contributed by atoms with E-state index in [4.69, 9.17) is 14.2 Å². The number of esters is 1. The summed E-state index contributed by atoms with van der Waals surface area (Å²) in [6.45, 7) is 3.65. The fourth-order valence-corrected chi connectivity index (χ4v) is 7.99. The molecule has 3 aromatic rings. The molecular weight excluding hydrogens is 582 g/mol. The zero-order chi connectivity index (χ0) is 29.4. The van der Waals surface area contributed by atoms with E-state index in [2.05, 4.69) is 4.98 Å². The lowest BCUT2D eigenvalue weighted by atomic mass is 9.82. The molecule has 6 rings (SSSR count). The summed E-state index contributed by atoms with van der Waals surface area (Å²) >= 11 is 2.17. The van der Waals surface area contributed by atoms with Crippen LogP contribution in [-0.4, -0.2) is 78.3 Å². The van der Waals surface area contributed by atoms with E-state index in [0.717, 1.165) is 16.2 Å². The Labute approximate surface area is 248 Å². The Bertz CT molecular complexity index is 1590. The first-order chi connectivity index (χ1) is 20.4. The van der Waals surface area contributed by atoms with Crippen LogP contribution >= 0.6 is 23.1 Å². The molecule has 0 aliphatic carbocycles. The first-order valence-corrected chi connectivity index (χ1v) is 15.2. The van der Waals surface area contributed by atoms with Crippen LogP contribution < -0.4 is 14.5 Å². The Hall–Kier alpha value is -3.94. The summed E-state index contributed by atoms with van der Waals surface area (Å²) in [6, 6.07) is 13.2. The van der Waals surface area contributed by atoms with Gasteiger partial charge in [0, 0.05) is 29.4 Å². The van der Waals surface area contributed by atoms with Crippen molar-refractivity contribution in [3.8, 4) is 5.75 Å². The quantitative estimate of drug-likeness (QED) is 0.317. The number of fused-ring (bicyclic) bond motifs is 2. The molecule has 11 nitrogen and oxygen atoms in total. The number of aromatic nitrogens is 1. The first kappa shape index (κ1) is 28.2. The van der Waals surface area contributed by atoms with Crippen molar-refractivity contribution < 1.29 is 33.4 Å². The van der Waals surface area contributed by atoms with Gasteiger partial charge in [0.15, 0.2) is 6.61 Å². The number of ether oxygens (including phenoxy) is 3. The van der Waals surface area contributed by atoms with Crippen LogP contribution in [0.3, 0.4) is 0 Å². The van der Waals surface area contributed by atoms with Crippen LogP contribution in [0.15, 0.2) is 58.4 Å². The Kier molecular flexibility index (Phi) is 7.88. The number of benzene rings is 2. The van der Waals surface area contributed by atoms with Gasteiger partial charge in [0.05, 0.1) is 42.0 Å². The molecule has 3 aliphatic heterocycles. The highest BCUT2D eigenvalue weighted by molar-refractivity contribution is 8.00. The van der Waals surface area contributed by atoms with Gasteiger partial charge in [-0.05, 0) is 37.3 Å². The molecule has 0 saturated carbocycles. The molecule has 0 spiro atoms. The highest BCUT2D eigenvalue weighted by Crippen LogP contribution is 2.54. The minimum atomic E-state index is -0.828. The molecule has 2 saturated heterocycles. The van der Waals surface area contributed by atoms with Gasteiger partial charge in [-0.25, -0.2) is 9.69 Å². The fourth-order valence-electron chi connectivity index (χ4n) is 5.48. The van der Waals surface area contributed by atoms with Crippen molar-refractivity contribution in [1.29, 1.82) is 0 Å². The summed E-state index contributed by atoms with van der Waals surface area (Å²) in [7, 11) is 0. The molecule has 4 heterocycles. The van der Waals surface area contributed by atoms with E-state index in [9.17, 15) is 24.0 Å². The SMILES string of the molecule is CCOC(=O)c1ccc(N2C(=O)C3Sc4[nH]c(=O)sc4C(c4ccccc4OCC(=O)N4CCOCC4)C3C2=O)cc1. The second-order valence-corrected chi connectivity index (χ2v) is 12.0. The number of thiazole rings is 1. The predicted molar refractivity (Wildman–Crippen MR) is 154 cm³/mol. The van der Waals surface area contributed by atoms with Gasteiger partial charge in [-0.15, -0.1) is 0 Å². The molecule has 2 aromatic carbocycles. The van der Waals surface area contributed by atoms with Crippen LogP contribution in [-0.2, 0) is 23.9 Å². The molecule has 2 fully saturated rings. The highest BCUT2D eigenvalue weighted by atomic mass is 32.2. The van der Waals surface area contributed by atoms with Gasteiger partial charge in [0.2, 0.25) is 11.8 Å². The van der Waals surface area contributed by atoms with Gasteiger partial charge in [-0.2, -0.15) is 0 Å². The summed E-state index contributed by atoms with van der Waals surface area (Å²) in [6.07, 6.45) is 0. The van der Waals surface area contributed by atoms with Gasteiger partial charge in [-0.1, -0.05) is 41.3 Å². The van der Waals surface area contributed by atoms with Crippen LogP contribution in [0.4, 0.5) is 5.69 Å². The molecule has 3 aliphatic rings. The van der Waals surface area contributed by atoms with Gasteiger partial charge in [0.1, 0.15) is 11.0 Å². The number of hydrogen-bond donors (Lipinski definition) is 1. The third kappa shape index (κ3) is 5.12. The minimum Gasteiger partial charge on any atom is -0.483 e. The normalized spacial score (nSPS) is 21.6. The maximum atomic E-state index is 14.1. The minimum absolute atomic E-state index is 0.179. The molecule has 3 unspecified atom stereocenters. The predicted octanol–water partition coefficient (Wildman–Crippen LogP) is 2.65. The van der Waals surface area contributed by atoms with Crippen LogP contribution in [0.5, 0.6) is 5.75 Å². The number of nitrogens with zero attached hydrogens (tertiary/aromatic N) is 2. The molecule has 0 radical (unpaired) electrons. The molecule has 1 aromatic heterocycles. The number of carbonyl (C=O) groups is 4. The van der Waals surface area contributed by atoms with E-state index in [-0.39, 0.29) is 24.0 Å². The monoisotopic (exact) mass is 609 g/mol. The third-order valence-corrected chi connectivity index (χ3v) is 9.83. The Morgan fingerprint density at radius 1 is 1.02 bits per heavy atom. The van der Waals surface area contributed by atoms with Crippen molar-refractivity contribution in [1.82, 2.24) is 9.88 Å². The Morgan fingerprint density at radius 2 is 1.76 bits per heavy atom. The van der Waals surface area contributed by atoms with E-state index in [1.54, 1.807) is 48.2 Å². The fraction of sp³-hybridized carbons (Fsp3) is 0.345. The van der Waals surface area contributed by atoms with Gasteiger partial charge < -0.3 is 24.1 Å². The molecule has 1 N–H and O–H groups in total. The largest absolute Gasteiger partial charge is 0.483 e. The number of rotatable bonds is 7. The maximum Gasteiger partial charge on any atom is 0.338 e. The number of anilines is 1. The summed E-state index contributed by atoms with van der Waals surface area (Å²) in [5, 5.41) is -0.260. The number of morpholine rings is 1. The zero-order valence-corrected chi connectivity index (χ0v) is 24.2. The summed E-state index contributed by atoms with van der Waals surface area (Å²) in [5.41, 5.74) is 1.26. The van der Waals surface area contributed by atoms with Crippen LogP contribution in [0.25, 0.3) is 0 Å². The number of hydrogen-bond acceptors (Lipinski definition) is 10. The lowest BCUT2D eigenvalue weighted by Crippen LogP contribution is -2.43. The number of thioether (sulfide) groups is 1. The number of para-hydroxylation sites is 1. The summed E-state index contributed by atoms with van der Waals surface area (Å²) in [4.78, 5) is 71.2. The first-order valence-electron chi connectivity index (χ1n) is 13.5. The lowest BCUT2D eigenvalue weighted by molar-refractivity contribution is -0.137. The van der Waals surface area contributed by atoms with Gasteiger partial charge in [-0.3, -0.25) is 19.2 Å². The van der Waals surface area contributed by atoms with Crippen molar-refractivity contribution >= 4 is 52.5 Å². The van der Waals surface area contributed by atoms with E-state index in [1.165, 1.54) is 23.9 Å². The molecule has 13 heteroatoms. The second kappa shape index (κ2) is 11.7. The molecule has 42 heavy (non-hydrogen) atoms. The van der Waals surface area contributed by atoms with E-state index >= 15 is 0 Å². The number of aromatic amines is 1. The van der Waals surface area contributed by atoms with Crippen molar-refractivity contribution in [2.75, 3.05) is 44.4 Å². The number of carbonyl (C=O) groups excluding carboxylic acids is 4. The smallest absolute Gasteiger partial charge is 0.338 e. The topological polar surface area (TPSA) is 135 Å². The van der Waals surface area contributed by atoms with E-state index < -0.39 is 34.9 Å². The molecule has 3 atom stereocenters. The molecule has 0 bridgehead atoms. The van der Waals surface area contributed by atoms with E-state index in [0.29, 0.717) is 58.8 Å². The number of imide groups is 1. The molecule has 218 valence electrons. The van der Waals surface area contributed by atoms with Crippen molar-refractivity contribution in [3.63, 3.8) is 0 Å². The van der Waals surface area contributed by atoms with E-state index in [1.807, 2.05) is 0 Å². The average Bonchev–Trinajstić information content (AvgIpc) is 3.50. The molecular formula is C29H27N3O8S2. The Morgan fingerprint density at radius 3 is 2.50 bits per heavy atom. The van der Waals surface area contributed by atoms with Crippen molar-refractivity contribution in [2.24, 2.45) is 5.92 Å². The Balaban J connectivity index is 1.33.